The van der Waals surface area contributed by atoms with Crippen LogP contribution in [0.2, 0.25) is 0 Å². The molecule has 1 aliphatic heterocycles. The van der Waals surface area contributed by atoms with E-state index in [4.69, 9.17) is 0 Å². The van der Waals surface area contributed by atoms with E-state index >= 15 is 0 Å². The van der Waals surface area contributed by atoms with Crippen LogP contribution in [0.5, 0.6) is 0 Å². The van der Waals surface area contributed by atoms with Crippen LogP contribution in [-0.2, 0) is 20.0 Å². The minimum Gasteiger partial charge on any atom is -0.208 e. The van der Waals surface area contributed by atoms with Crippen molar-refractivity contribution in [3.05, 3.63) is 24.3 Å². The molecule has 0 radical (unpaired) electrons. The number of benzene rings is 1. The van der Waals surface area contributed by atoms with Crippen molar-refractivity contribution in [3.8, 4) is 0 Å². The lowest BCUT2D eigenvalue weighted by molar-refractivity contribution is 0.390. The molecule has 150 valence electrons. The summed E-state index contributed by atoms with van der Waals surface area (Å²) in [7, 11) is -7.18. The molecule has 3 atom stereocenters. The normalized spacial score (nSPS) is 29.7. The van der Waals surface area contributed by atoms with Crippen LogP contribution in [0.3, 0.4) is 0 Å². The first kappa shape index (κ1) is 19.4. The Balaban J connectivity index is 1.49. The Bertz CT molecular complexity index is 873. The monoisotopic (exact) mass is 412 g/mol. The van der Waals surface area contributed by atoms with E-state index < -0.39 is 20.0 Å². The molecular formula is C19H28N2O4S2. The van der Waals surface area contributed by atoms with Gasteiger partial charge < -0.3 is 0 Å². The predicted octanol–water partition coefficient (Wildman–Crippen LogP) is 2.72. The standard InChI is InChI=1S/C19H28N2O4S2/c22-26(23,20-19-14-15-5-6-16(19)13-15)17-7-9-18(10-8-17)27(24,25)21-11-3-1-2-4-12-21/h7-10,15-16,19-20H,1-6,11-14H2/t15-,16+,19-/m0/s1. The minimum atomic E-state index is -3.62. The summed E-state index contributed by atoms with van der Waals surface area (Å²) in [6.07, 6.45) is 8.22. The SMILES string of the molecule is O=S(=O)(N[C@H]1C[C@H]2CC[C@@H]1C2)c1ccc(S(=O)(=O)N2CCCCCC2)cc1. The molecule has 2 bridgehead atoms. The second kappa shape index (κ2) is 7.46. The van der Waals surface area contributed by atoms with Gasteiger partial charge in [0.25, 0.3) is 0 Å². The average Bonchev–Trinajstić information content (AvgIpc) is 3.14. The topological polar surface area (TPSA) is 83.5 Å². The maximum atomic E-state index is 12.8. The molecule has 1 aromatic carbocycles. The van der Waals surface area contributed by atoms with E-state index in [2.05, 4.69) is 4.72 Å². The summed E-state index contributed by atoms with van der Waals surface area (Å²) in [4.78, 5) is 0.309. The van der Waals surface area contributed by atoms with Crippen molar-refractivity contribution in [2.24, 2.45) is 11.8 Å². The fourth-order valence-corrected chi connectivity index (χ4v) is 7.71. The summed E-state index contributed by atoms with van der Waals surface area (Å²) in [6, 6.07) is 5.71. The molecule has 4 rings (SSSR count). The van der Waals surface area contributed by atoms with Crippen LogP contribution in [0.15, 0.2) is 34.1 Å². The Morgan fingerprint density at radius 3 is 2.00 bits per heavy atom. The van der Waals surface area contributed by atoms with Gasteiger partial charge in [0.2, 0.25) is 20.0 Å². The molecule has 0 amide bonds. The van der Waals surface area contributed by atoms with Gasteiger partial charge in [0.1, 0.15) is 0 Å². The number of nitrogens with zero attached hydrogens (tertiary/aromatic N) is 1. The molecule has 0 unspecified atom stereocenters. The molecule has 3 aliphatic rings. The van der Waals surface area contributed by atoms with Gasteiger partial charge in [-0.25, -0.2) is 21.6 Å². The van der Waals surface area contributed by atoms with Crippen molar-refractivity contribution in [2.45, 2.75) is 67.2 Å². The first-order chi connectivity index (χ1) is 12.9. The predicted molar refractivity (Wildman–Crippen MR) is 103 cm³/mol. The van der Waals surface area contributed by atoms with Crippen LogP contribution >= 0.6 is 0 Å². The smallest absolute Gasteiger partial charge is 0.208 e. The van der Waals surface area contributed by atoms with Gasteiger partial charge in [-0.2, -0.15) is 4.31 Å². The van der Waals surface area contributed by atoms with E-state index in [-0.39, 0.29) is 15.8 Å². The van der Waals surface area contributed by atoms with Gasteiger partial charge >= 0.3 is 0 Å². The molecule has 3 fully saturated rings. The maximum absolute atomic E-state index is 12.8. The van der Waals surface area contributed by atoms with Crippen molar-refractivity contribution < 1.29 is 16.8 Å². The molecule has 0 aromatic heterocycles. The summed E-state index contributed by atoms with van der Waals surface area (Å²) in [6.45, 7) is 1.07. The van der Waals surface area contributed by atoms with Crippen LogP contribution in [0.4, 0.5) is 0 Å². The quantitative estimate of drug-likeness (QED) is 0.806. The first-order valence-corrected chi connectivity index (χ1v) is 12.9. The molecule has 6 nitrogen and oxygen atoms in total. The summed E-state index contributed by atoms with van der Waals surface area (Å²) >= 11 is 0. The highest BCUT2D eigenvalue weighted by Gasteiger charge is 2.41. The van der Waals surface area contributed by atoms with Gasteiger partial charge in [-0.3, -0.25) is 0 Å². The minimum absolute atomic E-state index is 0.0225. The van der Waals surface area contributed by atoms with E-state index in [0.717, 1.165) is 44.9 Å². The van der Waals surface area contributed by atoms with E-state index in [0.29, 0.717) is 24.9 Å². The zero-order valence-corrected chi connectivity index (χ0v) is 17.1. The van der Waals surface area contributed by atoms with Gasteiger partial charge in [-0.1, -0.05) is 19.3 Å². The van der Waals surface area contributed by atoms with Crippen molar-refractivity contribution >= 4 is 20.0 Å². The molecule has 1 saturated heterocycles. The highest BCUT2D eigenvalue weighted by atomic mass is 32.2. The third-order valence-electron chi connectivity index (χ3n) is 6.38. The zero-order valence-electron chi connectivity index (χ0n) is 15.5. The molecule has 1 N–H and O–H groups in total. The molecule has 0 spiro atoms. The maximum Gasteiger partial charge on any atom is 0.243 e. The summed E-state index contributed by atoms with van der Waals surface area (Å²) < 4.78 is 55.4. The number of sulfonamides is 2. The highest BCUT2D eigenvalue weighted by molar-refractivity contribution is 7.89. The van der Waals surface area contributed by atoms with Crippen molar-refractivity contribution in [1.82, 2.24) is 9.03 Å². The molecule has 8 heteroatoms. The van der Waals surface area contributed by atoms with E-state index in [1.165, 1.54) is 35.0 Å². The lowest BCUT2D eigenvalue weighted by Gasteiger charge is -2.23. The van der Waals surface area contributed by atoms with E-state index in [9.17, 15) is 16.8 Å². The molecular weight excluding hydrogens is 384 g/mol. The summed E-state index contributed by atoms with van der Waals surface area (Å²) in [5.74, 6) is 1.11. The second-order valence-corrected chi connectivity index (χ2v) is 11.8. The number of nitrogens with one attached hydrogen (secondary N) is 1. The Morgan fingerprint density at radius 2 is 1.44 bits per heavy atom. The van der Waals surface area contributed by atoms with Gasteiger partial charge in [0.15, 0.2) is 0 Å². The van der Waals surface area contributed by atoms with Crippen molar-refractivity contribution in [3.63, 3.8) is 0 Å². The Labute approximate surface area is 162 Å². The van der Waals surface area contributed by atoms with E-state index in [1.807, 2.05) is 0 Å². The number of hydrogen-bond acceptors (Lipinski definition) is 4. The van der Waals surface area contributed by atoms with Gasteiger partial charge in [-0.15, -0.1) is 0 Å². The second-order valence-electron chi connectivity index (χ2n) is 8.19. The third kappa shape index (κ3) is 3.95. The lowest BCUT2D eigenvalue weighted by atomic mass is 9.96. The number of hydrogen-bond donors (Lipinski definition) is 1. The third-order valence-corrected chi connectivity index (χ3v) is 9.80. The molecule has 1 heterocycles. The van der Waals surface area contributed by atoms with Gasteiger partial charge in [-0.05, 0) is 68.2 Å². The number of fused-ring (bicyclic) bond motifs is 2. The van der Waals surface area contributed by atoms with Crippen LogP contribution in [0.1, 0.15) is 51.4 Å². The van der Waals surface area contributed by atoms with Crippen LogP contribution in [0.25, 0.3) is 0 Å². The molecule has 2 aliphatic carbocycles. The highest BCUT2D eigenvalue weighted by Crippen LogP contribution is 2.44. The Kier molecular flexibility index (Phi) is 5.35. The fraction of sp³-hybridized carbons (Fsp3) is 0.684. The van der Waals surface area contributed by atoms with Gasteiger partial charge in [0.05, 0.1) is 9.79 Å². The Hall–Kier alpha value is -0.960. The van der Waals surface area contributed by atoms with Gasteiger partial charge in [0, 0.05) is 19.1 Å². The van der Waals surface area contributed by atoms with E-state index in [1.54, 1.807) is 0 Å². The lowest BCUT2D eigenvalue weighted by Crippen LogP contribution is -2.38. The number of rotatable bonds is 5. The zero-order chi connectivity index (χ0) is 19.1. The van der Waals surface area contributed by atoms with Crippen LogP contribution < -0.4 is 4.72 Å². The average molecular weight is 413 g/mol. The molecule has 2 saturated carbocycles. The summed E-state index contributed by atoms with van der Waals surface area (Å²) in [5.41, 5.74) is 0. The Morgan fingerprint density at radius 1 is 0.815 bits per heavy atom. The van der Waals surface area contributed by atoms with Crippen molar-refractivity contribution in [1.29, 1.82) is 0 Å². The largest absolute Gasteiger partial charge is 0.243 e. The molecule has 1 aromatic rings. The molecule has 27 heavy (non-hydrogen) atoms. The van der Waals surface area contributed by atoms with Crippen LogP contribution in [0, 0.1) is 11.8 Å². The van der Waals surface area contributed by atoms with Crippen molar-refractivity contribution in [2.75, 3.05) is 13.1 Å². The van der Waals surface area contributed by atoms with Crippen LogP contribution in [-0.4, -0.2) is 40.3 Å². The first-order valence-electron chi connectivity index (χ1n) is 9.99. The fourth-order valence-electron chi connectivity index (χ4n) is 4.88. The summed E-state index contributed by atoms with van der Waals surface area (Å²) in [5, 5.41) is 0.